The van der Waals surface area contributed by atoms with E-state index < -0.39 is 29.2 Å². The van der Waals surface area contributed by atoms with Crippen LogP contribution in [-0.2, 0) is 6.18 Å². The van der Waals surface area contributed by atoms with E-state index in [4.69, 9.17) is 23.2 Å². The van der Waals surface area contributed by atoms with Gasteiger partial charge in [-0.1, -0.05) is 23.2 Å². The van der Waals surface area contributed by atoms with E-state index in [1.807, 2.05) is 4.90 Å². The van der Waals surface area contributed by atoms with Crippen molar-refractivity contribution in [3.63, 3.8) is 0 Å². The van der Waals surface area contributed by atoms with Gasteiger partial charge < -0.3 is 5.32 Å². The molecule has 25 heavy (non-hydrogen) atoms. The molecule has 136 valence electrons. The summed E-state index contributed by atoms with van der Waals surface area (Å²) in [6, 6.07) is 4.13. The number of hydrogen-bond donors (Lipinski definition) is 1. The topological polar surface area (TPSA) is 15.3 Å². The number of alkyl halides is 3. The number of nitrogens with zero attached hydrogens (tertiary/aromatic N) is 1. The van der Waals surface area contributed by atoms with Crippen LogP contribution in [-0.4, -0.2) is 31.1 Å². The van der Waals surface area contributed by atoms with Crippen molar-refractivity contribution >= 4 is 34.5 Å². The van der Waals surface area contributed by atoms with Gasteiger partial charge in [-0.05, 0) is 24.3 Å². The van der Waals surface area contributed by atoms with Crippen molar-refractivity contribution in [2.75, 3.05) is 26.2 Å². The molecule has 0 saturated carbocycles. The van der Waals surface area contributed by atoms with E-state index >= 15 is 0 Å². The average Bonchev–Trinajstić information content (AvgIpc) is 2.98. The molecule has 0 amide bonds. The molecule has 1 aliphatic rings. The molecule has 1 saturated heterocycles. The second-order valence-corrected chi connectivity index (χ2v) is 7.80. The van der Waals surface area contributed by atoms with Crippen LogP contribution in [0.5, 0.6) is 0 Å². The van der Waals surface area contributed by atoms with Crippen LogP contribution in [0.3, 0.4) is 0 Å². The lowest BCUT2D eigenvalue weighted by Crippen LogP contribution is -2.45. The van der Waals surface area contributed by atoms with Crippen molar-refractivity contribution in [3.8, 4) is 0 Å². The van der Waals surface area contributed by atoms with Gasteiger partial charge in [0.1, 0.15) is 5.82 Å². The first kappa shape index (κ1) is 18.9. The third-order valence-corrected chi connectivity index (χ3v) is 5.67. The molecule has 1 atom stereocenters. The third kappa shape index (κ3) is 3.95. The van der Waals surface area contributed by atoms with E-state index in [0.29, 0.717) is 35.4 Å². The lowest BCUT2D eigenvalue weighted by Gasteiger charge is -2.36. The second kappa shape index (κ2) is 7.40. The molecule has 0 unspecified atom stereocenters. The fourth-order valence-corrected chi connectivity index (χ4v) is 4.37. The zero-order chi connectivity index (χ0) is 18.2. The zero-order valence-corrected chi connectivity index (χ0v) is 15.2. The van der Waals surface area contributed by atoms with Crippen LogP contribution >= 0.6 is 34.5 Å². The summed E-state index contributed by atoms with van der Waals surface area (Å²) in [4.78, 5) is 2.38. The Balaban J connectivity index is 2.20. The standard InChI is InChI=1S/C16H14Cl2F4N2S/c17-10-2-1-9(16(20,21)22)13(14(10)19)15(11-3-4-12(18)25-11)24-7-5-23-6-8-24/h1-4,15,23H,5-8H2/t15-/m1/s1. The van der Waals surface area contributed by atoms with E-state index in [-0.39, 0.29) is 5.02 Å². The first-order valence-corrected chi connectivity index (χ1v) is 9.11. The van der Waals surface area contributed by atoms with Gasteiger partial charge in [0.15, 0.2) is 0 Å². The Morgan fingerprint density at radius 1 is 1.08 bits per heavy atom. The predicted octanol–water partition coefficient (Wildman–Crippen LogP) is 5.21. The molecule has 1 N–H and O–H groups in total. The first-order valence-electron chi connectivity index (χ1n) is 7.54. The molecule has 0 spiro atoms. The zero-order valence-electron chi connectivity index (χ0n) is 12.8. The van der Waals surface area contributed by atoms with Crippen LogP contribution in [0.1, 0.15) is 22.0 Å². The van der Waals surface area contributed by atoms with Gasteiger partial charge in [0.25, 0.3) is 0 Å². The molecule has 1 aliphatic heterocycles. The third-order valence-electron chi connectivity index (χ3n) is 4.09. The number of rotatable bonds is 3. The summed E-state index contributed by atoms with van der Waals surface area (Å²) in [5, 5.41) is 2.81. The number of nitrogens with one attached hydrogen (secondary N) is 1. The molecule has 0 bridgehead atoms. The minimum atomic E-state index is -4.69. The summed E-state index contributed by atoms with van der Waals surface area (Å²) in [6.45, 7) is 2.20. The minimum Gasteiger partial charge on any atom is -0.314 e. The smallest absolute Gasteiger partial charge is 0.314 e. The van der Waals surface area contributed by atoms with Gasteiger partial charge in [-0.15, -0.1) is 11.3 Å². The second-order valence-electron chi connectivity index (χ2n) is 5.65. The molecule has 2 nitrogen and oxygen atoms in total. The number of halogens is 6. The highest BCUT2D eigenvalue weighted by Crippen LogP contribution is 2.44. The summed E-state index contributed by atoms with van der Waals surface area (Å²) in [6.07, 6.45) is -4.69. The molecule has 9 heteroatoms. The summed E-state index contributed by atoms with van der Waals surface area (Å²) < 4.78 is 55.9. The summed E-state index contributed by atoms with van der Waals surface area (Å²) >= 11 is 12.9. The lowest BCUT2D eigenvalue weighted by molar-refractivity contribution is -0.138. The van der Waals surface area contributed by atoms with E-state index in [1.54, 1.807) is 12.1 Å². The monoisotopic (exact) mass is 412 g/mol. The van der Waals surface area contributed by atoms with E-state index in [0.717, 1.165) is 23.5 Å². The van der Waals surface area contributed by atoms with Crippen LogP contribution in [0.15, 0.2) is 24.3 Å². The van der Waals surface area contributed by atoms with E-state index in [9.17, 15) is 17.6 Å². The molecular formula is C16H14Cl2F4N2S. The van der Waals surface area contributed by atoms with Crippen molar-refractivity contribution in [2.45, 2.75) is 12.2 Å². The van der Waals surface area contributed by atoms with Gasteiger partial charge in [-0.3, -0.25) is 4.90 Å². The largest absolute Gasteiger partial charge is 0.416 e. The van der Waals surface area contributed by atoms with Gasteiger partial charge in [-0.2, -0.15) is 13.2 Å². The van der Waals surface area contributed by atoms with E-state index in [1.165, 1.54) is 0 Å². The van der Waals surface area contributed by atoms with Crippen molar-refractivity contribution in [1.29, 1.82) is 0 Å². The summed E-state index contributed by atoms with van der Waals surface area (Å²) in [5.74, 6) is -1.04. The van der Waals surface area contributed by atoms with Crippen molar-refractivity contribution in [2.24, 2.45) is 0 Å². The maximum Gasteiger partial charge on any atom is 0.416 e. The van der Waals surface area contributed by atoms with E-state index in [2.05, 4.69) is 5.32 Å². The van der Waals surface area contributed by atoms with Crippen molar-refractivity contribution in [1.82, 2.24) is 10.2 Å². The molecule has 1 aromatic carbocycles. The van der Waals surface area contributed by atoms with Gasteiger partial charge in [-0.25, -0.2) is 4.39 Å². The number of benzene rings is 1. The summed E-state index contributed by atoms with van der Waals surface area (Å²) in [5.41, 5.74) is -1.46. The minimum absolute atomic E-state index is 0.328. The Morgan fingerprint density at radius 3 is 2.32 bits per heavy atom. The number of hydrogen-bond acceptors (Lipinski definition) is 3. The van der Waals surface area contributed by atoms with Crippen LogP contribution in [0.4, 0.5) is 17.6 Å². The maximum atomic E-state index is 14.8. The first-order chi connectivity index (χ1) is 11.8. The van der Waals surface area contributed by atoms with Gasteiger partial charge in [0.05, 0.1) is 21.0 Å². The molecule has 3 rings (SSSR count). The molecule has 0 aliphatic carbocycles. The fraction of sp³-hybridized carbons (Fsp3) is 0.375. The van der Waals surface area contributed by atoms with Crippen LogP contribution in [0, 0.1) is 5.82 Å². The Hall–Kier alpha value is -0.860. The van der Waals surface area contributed by atoms with Gasteiger partial charge in [0.2, 0.25) is 0 Å². The fourth-order valence-electron chi connectivity index (χ4n) is 3.00. The highest BCUT2D eigenvalue weighted by molar-refractivity contribution is 7.16. The van der Waals surface area contributed by atoms with Crippen LogP contribution < -0.4 is 5.32 Å². The van der Waals surface area contributed by atoms with Crippen LogP contribution in [0.2, 0.25) is 9.36 Å². The molecule has 1 aromatic heterocycles. The highest BCUT2D eigenvalue weighted by atomic mass is 35.5. The average molecular weight is 413 g/mol. The Morgan fingerprint density at radius 2 is 1.76 bits per heavy atom. The number of piperazine rings is 1. The van der Waals surface area contributed by atoms with Crippen molar-refractivity contribution < 1.29 is 17.6 Å². The molecule has 2 aromatic rings. The normalized spacial score (nSPS) is 17.7. The predicted molar refractivity (Wildman–Crippen MR) is 92.0 cm³/mol. The molecule has 1 fully saturated rings. The number of thiophene rings is 1. The van der Waals surface area contributed by atoms with Gasteiger partial charge in [0, 0.05) is 36.6 Å². The van der Waals surface area contributed by atoms with Gasteiger partial charge >= 0.3 is 6.18 Å². The van der Waals surface area contributed by atoms with Crippen molar-refractivity contribution in [3.05, 3.63) is 55.4 Å². The molecular weight excluding hydrogens is 399 g/mol. The summed E-state index contributed by atoms with van der Waals surface area (Å²) in [7, 11) is 0. The SMILES string of the molecule is Fc1c(Cl)ccc(C(F)(F)F)c1[C@@H](c1ccc(Cl)s1)N1CCNCC1. The Labute approximate surface area is 156 Å². The quantitative estimate of drug-likeness (QED) is 0.696. The Bertz CT molecular complexity index is 757. The van der Waals surface area contributed by atoms with Crippen LogP contribution in [0.25, 0.3) is 0 Å². The highest BCUT2D eigenvalue weighted by Gasteiger charge is 2.40. The Kier molecular flexibility index (Phi) is 5.60. The molecule has 0 radical (unpaired) electrons. The molecule has 2 heterocycles. The lowest BCUT2D eigenvalue weighted by atomic mass is 9.96. The maximum absolute atomic E-state index is 14.8.